The number of hydrogen-bond acceptors (Lipinski definition) is 5. The minimum Gasteiger partial charge on any atom is -0.401 e. The molecule has 0 fully saturated rings. The Morgan fingerprint density at radius 1 is 1.22 bits per heavy atom. The Bertz CT molecular complexity index is 630. The highest BCUT2D eigenvalue weighted by Crippen LogP contribution is 2.21. The molecular formula is C13H8N2O2S. The van der Waals surface area contributed by atoms with Crippen molar-refractivity contribution >= 4 is 29.3 Å². The second-order valence-electron chi connectivity index (χ2n) is 3.59. The molecule has 0 unspecified atom stereocenters. The number of nitrogens with zero attached hydrogens (tertiary/aromatic N) is 2. The number of hydrogen-bond donors (Lipinski definition) is 0. The van der Waals surface area contributed by atoms with Gasteiger partial charge in [0.05, 0.1) is 4.88 Å². The van der Waals surface area contributed by atoms with E-state index in [0.29, 0.717) is 11.6 Å². The lowest BCUT2D eigenvalue weighted by molar-refractivity contribution is -0.129. The van der Waals surface area contributed by atoms with E-state index in [2.05, 4.69) is 9.98 Å². The maximum absolute atomic E-state index is 11.7. The molecule has 0 aromatic carbocycles. The molecule has 0 radical (unpaired) electrons. The van der Waals surface area contributed by atoms with E-state index in [0.717, 1.165) is 10.4 Å². The molecular weight excluding hydrogens is 248 g/mol. The molecule has 4 nitrogen and oxygen atoms in total. The highest BCUT2D eigenvalue weighted by Gasteiger charge is 2.24. The van der Waals surface area contributed by atoms with Crippen LogP contribution in [0.1, 0.15) is 10.4 Å². The van der Waals surface area contributed by atoms with E-state index in [1.165, 1.54) is 11.3 Å². The fraction of sp³-hybridized carbons (Fsp3) is 0. The van der Waals surface area contributed by atoms with Crippen LogP contribution in [0.4, 0.5) is 0 Å². The Morgan fingerprint density at radius 2 is 2.06 bits per heavy atom. The van der Waals surface area contributed by atoms with Gasteiger partial charge in [-0.2, -0.15) is 0 Å². The number of aliphatic imine (C=N–C) groups is 1. The molecule has 2 aromatic heterocycles. The van der Waals surface area contributed by atoms with Gasteiger partial charge in [0.15, 0.2) is 5.70 Å². The smallest absolute Gasteiger partial charge is 0.363 e. The zero-order valence-electron chi connectivity index (χ0n) is 9.24. The first kappa shape index (κ1) is 10.9. The van der Waals surface area contributed by atoms with E-state index >= 15 is 0 Å². The lowest BCUT2D eigenvalue weighted by Gasteiger charge is -1.93. The van der Waals surface area contributed by atoms with Crippen molar-refractivity contribution in [1.29, 1.82) is 0 Å². The summed E-state index contributed by atoms with van der Waals surface area (Å²) in [5.74, 6) is -0.0504. The normalized spacial score (nSPS) is 16.8. The maximum Gasteiger partial charge on any atom is 0.363 e. The Kier molecular flexibility index (Phi) is 2.74. The molecule has 3 rings (SSSR count). The largest absolute Gasteiger partial charge is 0.401 e. The highest BCUT2D eigenvalue weighted by molar-refractivity contribution is 7.12. The summed E-state index contributed by atoms with van der Waals surface area (Å²) in [4.78, 5) is 20.6. The molecule has 1 aliphatic rings. The van der Waals surface area contributed by atoms with Crippen LogP contribution in [0.25, 0.3) is 6.08 Å². The van der Waals surface area contributed by atoms with E-state index in [9.17, 15) is 4.79 Å². The molecule has 3 heterocycles. The number of cyclic esters (lactones) is 1. The van der Waals surface area contributed by atoms with E-state index in [-0.39, 0.29) is 0 Å². The third-order valence-electron chi connectivity index (χ3n) is 2.36. The van der Waals surface area contributed by atoms with E-state index in [1.54, 1.807) is 30.6 Å². The summed E-state index contributed by atoms with van der Waals surface area (Å²) in [7, 11) is 0. The fourth-order valence-corrected chi connectivity index (χ4v) is 2.18. The van der Waals surface area contributed by atoms with Crippen LogP contribution in [0.3, 0.4) is 0 Å². The van der Waals surface area contributed by atoms with Gasteiger partial charge >= 0.3 is 5.97 Å². The van der Waals surface area contributed by atoms with Crippen molar-refractivity contribution in [1.82, 2.24) is 4.98 Å². The zero-order valence-corrected chi connectivity index (χ0v) is 10.1. The number of carbonyl (C=O) groups excluding carboxylic acids is 1. The van der Waals surface area contributed by atoms with Crippen LogP contribution in [0.15, 0.2) is 52.7 Å². The molecule has 2 aromatic rings. The standard InChI is InChI=1S/C13H8N2O2S/c16-13-10(8-9-3-5-14-6-4-9)15-12(17-13)11-2-1-7-18-11/h1-8H/b10-8+. The molecule has 0 N–H and O–H groups in total. The topological polar surface area (TPSA) is 51.5 Å². The van der Waals surface area contributed by atoms with Crippen molar-refractivity contribution in [2.75, 3.05) is 0 Å². The minimum atomic E-state index is -0.421. The van der Waals surface area contributed by atoms with E-state index < -0.39 is 5.97 Å². The third-order valence-corrected chi connectivity index (χ3v) is 3.22. The summed E-state index contributed by atoms with van der Waals surface area (Å²) in [5.41, 5.74) is 1.18. The van der Waals surface area contributed by atoms with Gasteiger partial charge in [-0.1, -0.05) is 6.07 Å². The van der Waals surface area contributed by atoms with Crippen molar-refractivity contribution in [3.63, 3.8) is 0 Å². The fourth-order valence-electron chi connectivity index (χ4n) is 1.53. The second kappa shape index (κ2) is 4.54. The molecule has 0 bridgehead atoms. The van der Waals surface area contributed by atoms with Crippen LogP contribution in [0.2, 0.25) is 0 Å². The van der Waals surface area contributed by atoms with Crippen LogP contribution in [0.5, 0.6) is 0 Å². The van der Waals surface area contributed by atoms with Gasteiger partial charge in [0.2, 0.25) is 5.90 Å². The van der Waals surface area contributed by atoms with Crippen molar-refractivity contribution in [2.45, 2.75) is 0 Å². The van der Waals surface area contributed by atoms with Gasteiger partial charge in [0, 0.05) is 12.4 Å². The van der Waals surface area contributed by atoms with Crippen molar-refractivity contribution in [3.8, 4) is 0 Å². The molecule has 0 spiro atoms. The van der Waals surface area contributed by atoms with Crippen molar-refractivity contribution in [3.05, 3.63) is 58.2 Å². The molecule has 5 heteroatoms. The molecule has 0 atom stereocenters. The lowest BCUT2D eigenvalue weighted by Crippen LogP contribution is -2.03. The van der Waals surface area contributed by atoms with Crippen molar-refractivity contribution < 1.29 is 9.53 Å². The number of thiophene rings is 1. The molecule has 0 saturated heterocycles. The van der Waals surface area contributed by atoms with Crippen LogP contribution in [-0.4, -0.2) is 16.9 Å². The summed E-state index contributed by atoms with van der Waals surface area (Å²) in [6.45, 7) is 0. The number of aromatic nitrogens is 1. The van der Waals surface area contributed by atoms with Gasteiger partial charge in [0.25, 0.3) is 0 Å². The summed E-state index contributed by atoms with van der Waals surface area (Å²) < 4.78 is 5.13. The average Bonchev–Trinajstić information content (AvgIpc) is 3.01. The lowest BCUT2D eigenvalue weighted by atomic mass is 10.2. The second-order valence-corrected chi connectivity index (χ2v) is 4.54. The van der Waals surface area contributed by atoms with Gasteiger partial charge < -0.3 is 4.74 Å². The number of rotatable bonds is 2. The van der Waals surface area contributed by atoms with Gasteiger partial charge in [-0.05, 0) is 35.2 Å². The first-order chi connectivity index (χ1) is 8.83. The number of pyridine rings is 1. The number of ether oxygens (including phenoxy) is 1. The highest BCUT2D eigenvalue weighted by atomic mass is 32.1. The Labute approximate surface area is 107 Å². The predicted octanol–water partition coefficient (Wildman–Crippen LogP) is 2.49. The van der Waals surface area contributed by atoms with Crippen LogP contribution >= 0.6 is 11.3 Å². The Hall–Kier alpha value is -2.27. The van der Waals surface area contributed by atoms with E-state index in [4.69, 9.17) is 4.74 Å². The Morgan fingerprint density at radius 3 is 2.78 bits per heavy atom. The zero-order chi connectivity index (χ0) is 12.4. The van der Waals surface area contributed by atoms with Gasteiger partial charge in [-0.15, -0.1) is 11.3 Å². The SMILES string of the molecule is O=C1OC(c2cccs2)=N/C1=C/c1ccncc1. The first-order valence-electron chi connectivity index (χ1n) is 5.29. The predicted molar refractivity (Wildman–Crippen MR) is 69.2 cm³/mol. The van der Waals surface area contributed by atoms with E-state index in [1.807, 2.05) is 17.5 Å². The van der Waals surface area contributed by atoms with Crippen LogP contribution < -0.4 is 0 Å². The molecule has 88 valence electrons. The maximum atomic E-state index is 11.7. The monoisotopic (exact) mass is 256 g/mol. The Balaban J connectivity index is 1.94. The molecule has 1 aliphatic heterocycles. The molecule has 0 amide bonds. The third kappa shape index (κ3) is 2.08. The summed E-state index contributed by atoms with van der Waals surface area (Å²) >= 11 is 1.49. The van der Waals surface area contributed by atoms with Gasteiger partial charge in [-0.25, -0.2) is 9.79 Å². The molecule has 0 saturated carbocycles. The molecule has 18 heavy (non-hydrogen) atoms. The van der Waals surface area contributed by atoms with Gasteiger partial charge in [0.1, 0.15) is 0 Å². The quantitative estimate of drug-likeness (QED) is 0.612. The van der Waals surface area contributed by atoms with Crippen LogP contribution in [-0.2, 0) is 9.53 Å². The first-order valence-corrected chi connectivity index (χ1v) is 6.17. The van der Waals surface area contributed by atoms with Crippen LogP contribution in [0, 0.1) is 0 Å². The van der Waals surface area contributed by atoms with Crippen molar-refractivity contribution in [2.24, 2.45) is 4.99 Å². The number of esters is 1. The number of carbonyl (C=O) groups is 1. The van der Waals surface area contributed by atoms with Gasteiger partial charge in [-0.3, -0.25) is 4.98 Å². The summed E-state index contributed by atoms with van der Waals surface area (Å²) in [5, 5.41) is 1.91. The summed E-state index contributed by atoms with van der Waals surface area (Å²) in [6, 6.07) is 7.37. The average molecular weight is 256 g/mol. The summed E-state index contributed by atoms with van der Waals surface area (Å²) in [6.07, 6.45) is 5.01. The molecule has 0 aliphatic carbocycles. The minimum absolute atomic E-state index is 0.310.